The van der Waals surface area contributed by atoms with Crippen LogP contribution in [0.25, 0.3) is 10.2 Å². The number of thiazole rings is 1. The van der Waals surface area contributed by atoms with Crippen LogP contribution >= 0.6 is 11.3 Å². The van der Waals surface area contributed by atoms with E-state index in [1.807, 2.05) is 12.1 Å². The fourth-order valence-corrected chi connectivity index (χ4v) is 4.00. The zero-order valence-corrected chi connectivity index (χ0v) is 15.0. The normalized spacial score (nSPS) is 15.0. The maximum absolute atomic E-state index is 11.8. The molecular weight excluding hydrogens is 338 g/mol. The second-order valence-corrected chi connectivity index (χ2v) is 6.98. The molecule has 4 rings (SSSR count). The Morgan fingerprint density at radius 3 is 2.64 bits per heavy atom. The molecule has 0 spiro atoms. The molecular formula is C17H19N5O2S. The van der Waals surface area contributed by atoms with E-state index >= 15 is 0 Å². The van der Waals surface area contributed by atoms with Crippen LogP contribution in [0.4, 0.5) is 10.9 Å². The third-order valence-electron chi connectivity index (χ3n) is 4.43. The molecule has 25 heavy (non-hydrogen) atoms. The van der Waals surface area contributed by atoms with Crippen molar-refractivity contribution in [1.82, 2.24) is 14.5 Å². The molecule has 0 unspecified atom stereocenters. The molecule has 3 aromatic rings. The minimum atomic E-state index is -0.0364. The molecule has 1 fully saturated rings. The van der Waals surface area contributed by atoms with Crippen molar-refractivity contribution in [2.75, 3.05) is 43.1 Å². The van der Waals surface area contributed by atoms with Crippen LogP contribution in [0.1, 0.15) is 0 Å². The van der Waals surface area contributed by atoms with Crippen molar-refractivity contribution >= 4 is 32.5 Å². The minimum absolute atomic E-state index is 0.0364. The number of rotatable bonds is 3. The number of aryl methyl sites for hydroxylation is 1. The van der Waals surface area contributed by atoms with Gasteiger partial charge in [-0.05, 0) is 12.1 Å². The van der Waals surface area contributed by atoms with Crippen molar-refractivity contribution in [1.29, 1.82) is 0 Å². The molecule has 1 aliphatic heterocycles. The van der Waals surface area contributed by atoms with Gasteiger partial charge in [-0.1, -0.05) is 17.4 Å². The molecule has 0 amide bonds. The summed E-state index contributed by atoms with van der Waals surface area (Å²) in [5, 5.41) is 1.01. The summed E-state index contributed by atoms with van der Waals surface area (Å²) >= 11 is 1.68. The first-order valence-corrected chi connectivity index (χ1v) is 8.93. The van der Waals surface area contributed by atoms with Crippen molar-refractivity contribution in [2.24, 2.45) is 7.05 Å². The van der Waals surface area contributed by atoms with Crippen molar-refractivity contribution in [3.05, 3.63) is 40.9 Å². The zero-order valence-electron chi connectivity index (χ0n) is 14.2. The van der Waals surface area contributed by atoms with E-state index in [0.29, 0.717) is 0 Å². The Hall–Kier alpha value is -2.61. The fraction of sp³-hybridized carbons (Fsp3) is 0.353. The van der Waals surface area contributed by atoms with Gasteiger partial charge < -0.3 is 19.1 Å². The van der Waals surface area contributed by atoms with Crippen molar-refractivity contribution in [2.45, 2.75) is 0 Å². The van der Waals surface area contributed by atoms with E-state index in [4.69, 9.17) is 9.72 Å². The number of fused-ring (bicyclic) bond motifs is 1. The first-order chi connectivity index (χ1) is 12.2. The Labute approximate surface area is 149 Å². The highest BCUT2D eigenvalue weighted by atomic mass is 32.1. The Morgan fingerprint density at radius 2 is 1.92 bits per heavy atom. The van der Waals surface area contributed by atoms with E-state index in [2.05, 4.69) is 20.9 Å². The standard InChI is InChI=1S/C17H19N5O2S/c1-20-11-18-14(10-15(20)23)21-6-8-22(9-7-21)17-19-16-12(24-2)4-3-5-13(16)25-17/h3-5,10-11H,6-9H2,1-2H3. The summed E-state index contributed by atoms with van der Waals surface area (Å²) in [6.45, 7) is 3.32. The average Bonchev–Trinajstić information content (AvgIpc) is 3.08. The predicted octanol–water partition coefficient (Wildman–Crippen LogP) is 1.73. The lowest BCUT2D eigenvalue weighted by molar-refractivity contribution is 0.419. The van der Waals surface area contributed by atoms with E-state index in [-0.39, 0.29) is 5.56 Å². The molecule has 0 saturated carbocycles. The van der Waals surface area contributed by atoms with Crippen molar-refractivity contribution in [3.63, 3.8) is 0 Å². The summed E-state index contributed by atoms with van der Waals surface area (Å²) in [6, 6.07) is 7.59. The van der Waals surface area contributed by atoms with Crippen LogP contribution in [0.3, 0.4) is 0 Å². The number of aromatic nitrogens is 3. The van der Waals surface area contributed by atoms with Crippen molar-refractivity contribution in [3.8, 4) is 5.75 Å². The van der Waals surface area contributed by atoms with Gasteiger partial charge in [0.15, 0.2) is 5.13 Å². The molecule has 0 atom stereocenters. The number of methoxy groups -OCH3 is 1. The van der Waals surface area contributed by atoms with Gasteiger partial charge in [-0.2, -0.15) is 0 Å². The average molecular weight is 357 g/mol. The van der Waals surface area contributed by atoms with Crippen LogP contribution in [0.15, 0.2) is 35.4 Å². The first-order valence-electron chi connectivity index (χ1n) is 8.12. The molecule has 0 N–H and O–H groups in total. The summed E-state index contributed by atoms with van der Waals surface area (Å²) < 4.78 is 8.01. The Morgan fingerprint density at radius 1 is 1.16 bits per heavy atom. The van der Waals surface area contributed by atoms with Gasteiger partial charge in [0.25, 0.3) is 5.56 Å². The molecule has 0 aliphatic carbocycles. The lowest BCUT2D eigenvalue weighted by Crippen LogP contribution is -2.47. The van der Waals surface area contributed by atoms with E-state index in [9.17, 15) is 4.79 Å². The van der Waals surface area contributed by atoms with Gasteiger partial charge in [0.1, 0.15) is 17.1 Å². The maximum atomic E-state index is 11.8. The monoisotopic (exact) mass is 357 g/mol. The number of benzene rings is 1. The number of para-hydroxylation sites is 1. The van der Waals surface area contributed by atoms with Gasteiger partial charge in [0.05, 0.1) is 18.1 Å². The summed E-state index contributed by atoms with van der Waals surface area (Å²) in [4.78, 5) is 25.3. The van der Waals surface area contributed by atoms with Crippen LogP contribution in [0.5, 0.6) is 5.75 Å². The minimum Gasteiger partial charge on any atom is -0.494 e. The maximum Gasteiger partial charge on any atom is 0.255 e. The molecule has 1 saturated heterocycles. The molecule has 7 nitrogen and oxygen atoms in total. The van der Waals surface area contributed by atoms with Gasteiger partial charge in [-0.3, -0.25) is 4.79 Å². The molecule has 0 radical (unpaired) electrons. The highest BCUT2D eigenvalue weighted by molar-refractivity contribution is 7.22. The first kappa shape index (κ1) is 15.9. The Balaban J connectivity index is 1.52. The third kappa shape index (κ3) is 2.93. The predicted molar refractivity (Wildman–Crippen MR) is 100 cm³/mol. The summed E-state index contributed by atoms with van der Waals surface area (Å²) in [6.07, 6.45) is 1.57. The van der Waals surface area contributed by atoms with Gasteiger partial charge in [-0.15, -0.1) is 0 Å². The van der Waals surface area contributed by atoms with Gasteiger partial charge in [0.2, 0.25) is 0 Å². The van der Waals surface area contributed by atoms with Crippen LogP contribution in [0.2, 0.25) is 0 Å². The van der Waals surface area contributed by atoms with E-state index in [0.717, 1.165) is 53.1 Å². The highest BCUT2D eigenvalue weighted by Crippen LogP contribution is 2.34. The number of nitrogens with zero attached hydrogens (tertiary/aromatic N) is 5. The lowest BCUT2D eigenvalue weighted by Gasteiger charge is -2.35. The Bertz CT molecular complexity index is 959. The fourth-order valence-electron chi connectivity index (χ4n) is 2.96. The molecule has 1 aliphatic rings. The smallest absolute Gasteiger partial charge is 0.255 e. The second-order valence-electron chi connectivity index (χ2n) is 5.97. The van der Waals surface area contributed by atoms with Crippen LogP contribution < -0.4 is 20.1 Å². The lowest BCUT2D eigenvalue weighted by atomic mass is 10.3. The number of hydrogen-bond acceptors (Lipinski definition) is 7. The molecule has 3 heterocycles. The van der Waals surface area contributed by atoms with Gasteiger partial charge >= 0.3 is 0 Å². The van der Waals surface area contributed by atoms with Gasteiger partial charge in [-0.25, -0.2) is 9.97 Å². The summed E-state index contributed by atoms with van der Waals surface area (Å²) in [5.41, 5.74) is 0.881. The molecule has 0 bridgehead atoms. The second kappa shape index (κ2) is 6.36. The quantitative estimate of drug-likeness (QED) is 0.711. The largest absolute Gasteiger partial charge is 0.494 e. The number of ether oxygens (including phenoxy) is 1. The topological polar surface area (TPSA) is 63.5 Å². The number of piperazine rings is 1. The Kier molecular flexibility index (Phi) is 4.04. The van der Waals surface area contributed by atoms with E-state index < -0.39 is 0 Å². The third-order valence-corrected chi connectivity index (χ3v) is 5.51. The van der Waals surface area contributed by atoms with Gasteiger partial charge in [0, 0.05) is 39.3 Å². The highest BCUT2D eigenvalue weighted by Gasteiger charge is 2.21. The van der Waals surface area contributed by atoms with E-state index in [1.165, 1.54) is 4.57 Å². The number of anilines is 2. The SMILES string of the molecule is COc1cccc2sc(N3CCN(c4cc(=O)n(C)cn4)CC3)nc12. The van der Waals surface area contributed by atoms with Crippen LogP contribution in [-0.4, -0.2) is 47.8 Å². The van der Waals surface area contributed by atoms with Crippen LogP contribution in [0, 0.1) is 0 Å². The molecule has 130 valence electrons. The summed E-state index contributed by atoms with van der Waals surface area (Å²) in [7, 11) is 3.38. The van der Waals surface area contributed by atoms with Crippen LogP contribution in [-0.2, 0) is 7.05 Å². The van der Waals surface area contributed by atoms with Crippen molar-refractivity contribution < 1.29 is 4.74 Å². The molecule has 8 heteroatoms. The zero-order chi connectivity index (χ0) is 17.4. The molecule has 1 aromatic carbocycles. The number of hydrogen-bond donors (Lipinski definition) is 0. The van der Waals surface area contributed by atoms with E-state index in [1.54, 1.807) is 37.9 Å². The molecule has 2 aromatic heterocycles. The summed E-state index contributed by atoms with van der Waals surface area (Å²) in [5.74, 6) is 1.55.